The molecule has 1 aromatic rings. The van der Waals surface area contributed by atoms with E-state index in [1.54, 1.807) is 0 Å². The molecule has 1 heterocycles. The summed E-state index contributed by atoms with van der Waals surface area (Å²) in [6.07, 6.45) is -2.45. The van der Waals surface area contributed by atoms with E-state index < -0.39 is 17.6 Å². The molecular formula is C14H17F4N. The summed E-state index contributed by atoms with van der Waals surface area (Å²) in [7, 11) is 0. The molecule has 0 aliphatic carbocycles. The number of hydrogen-bond acceptors (Lipinski definition) is 1. The Morgan fingerprint density at radius 2 is 1.84 bits per heavy atom. The smallest absolute Gasteiger partial charge is 0.299 e. The maximum atomic E-state index is 13.4. The Morgan fingerprint density at radius 3 is 2.37 bits per heavy atom. The quantitative estimate of drug-likeness (QED) is 0.735. The minimum absolute atomic E-state index is 0.516. The van der Waals surface area contributed by atoms with Gasteiger partial charge in [0, 0.05) is 6.54 Å². The molecular weight excluding hydrogens is 258 g/mol. The summed E-state index contributed by atoms with van der Waals surface area (Å²) in [5.74, 6) is -0.490. The largest absolute Gasteiger partial charge is 0.419 e. The normalized spacial score (nSPS) is 18.8. The fourth-order valence-electron chi connectivity index (χ4n) is 2.37. The maximum absolute atomic E-state index is 13.4. The molecule has 1 saturated heterocycles. The van der Waals surface area contributed by atoms with Gasteiger partial charge in [0.25, 0.3) is 0 Å². The third-order valence-corrected chi connectivity index (χ3v) is 3.62. The first-order valence-corrected chi connectivity index (χ1v) is 6.44. The second-order valence-electron chi connectivity index (χ2n) is 5.27. The fourth-order valence-corrected chi connectivity index (χ4v) is 2.37. The molecule has 1 aliphatic rings. The monoisotopic (exact) mass is 275 g/mol. The average molecular weight is 275 g/mol. The average Bonchev–Trinajstić information content (AvgIpc) is 2.30. The van der Waals surface area contributed by atoms with Gasteiger partial charge in [0.15, 0.2) is 0 Å². The lowest BCUT2D eigenvalue weighted by Crippen LogP contribution is -2.32. The number of piperidine rings is 1. The van der Waals surface area contributed by atoms with Gasteiger partial charge in [-0.25, -0.2) is 4.39 Å². The van der Waals surface area contributed by atoms with Gasteiger partial charge in [-0.2, -0.15) is 13.2 Å². The van der Waals surface area contributed by atoms with Gasteiger partial charge in [0.05, 0.1) is 5.56 Å². The standard InChI is InChI=1S/C14H17F4N/c1-10-4-6-19(7-5-10)9-11-2-3-12(13(15)8-11)14(16,17)18/h2-3,8,10H,4-7,9H2,1H3. The zero-order valence-electron chi connectivity index (χ0n) is 10.8. The second-order valence-corrected chi connectivity index (χ2v) is 5.27. The summed E-state index contributed by atoms with van der Waals surface area (Å²) in [5, 5.41) is 0. The molecule has 106 valence electrons. The van der Waals surface area contributed by atoms with Crippen LogP contribution in [0.25, 0.3) is 0 Å². The molecule has 1 aromatic carbocycles. The fraction of sp³-hybridized carbons (Fsp3) is 0.571. The zero-order valence-corrected chi connectivity index (χ0v) is 10.8. The molecule has 1 fully saturated rings. The molecule has 5 heteroatoms. The number of hydrogen-bond donors (Lipinski definition) is 0. The Bertz CT molecular complexity index is 434. The van der Waals surface area contributed by atoms with Crippen LogP contribution in [0.1, 0.15) is 30.9 Å². The molecule has 0 spiro atoms. The van der Waals surface area contributed by atoms with E-state index in [2.05, 4.69) is 11.8 Å². The molecule has 0 amide bonds. The van der Waals surface area contributed by atoms with E-state index in [1.165, 1.54) is 6.07 Å². The summed E-state index contributed by atoms with van der Waals surface area (Å²) < 4.78 is 50.7. The molecule has 0 bridgehead atoms. The molecule has 0 N–H and O–H groups in total. The number of likely N-dealkylation sites (tertiary alicyclic amines) is 1. The van der Waals surface area contributed by atoms with Crippen molar-refractivity contribution in [3.05, 3.63) is 35.1 Å². The van der Waals surface area contributed by atoms with Crippen LogP contribution < -0.4 is 0 Å². The lowest BCUT2D eigenvalue weighted by Gasteiger charge is -2.30. The van der Waals surface area contributed by atoms with Crippen LogP contribution in [0.15, 0.2) is 18.2 Å². The van der Waals surface area contributed by atoms with Gasteiger partial charge in [0.1, 0.15) is 5.82 Å². The molecule has 1 nitrogen and oxygen atoms in total. The van der Waals surface area contributed by atoms with E-state index in [1.807, 2.05) is 0 Å². The second kappa shape index (κ2) is 5.49. The van der Waals surface area contributed by atoms with Gasteiger partial charge in [0.2, 0.25) is 0 Å². The van der Waals surface area contributed by atoms with Gasteiger partial charge in [-0.15, -0.1) is 0 Å². The van der Waals surface area contributed by atoms with Crippen molar-refractivity contribution in [3.8, 4) is 0 Å². The molecule has 19 heavy (non-hydrogen) atoms. The van der Waals surface area contributed by atoms with Crippen molar-refractivity contribution in [2.75, 3.05) is 13.1 Å². The Balaban J connectivity index is 2.04. The van der Waals surface area contributed by atoms with Gasteiger partial charge in [-0.3, -0.25) is 4.90 Å². The van der Waals surface area contributed by atoms with Crippen LogP contribution in [0.3, 0.4) is 0 Å². The Labute approximate surface area is 110 Å². The first-order valence-electron chi connectivity index (χ1n) is 6.44. The maximum Gasteiger partial charge on any atom is 0.419 e. The van der Waals surface area contributed by atoms with Crippen LogP contribution >= 0.6 is 0 Å². The Morgan fingerprint density at radius 1 is 1.21 bits per heavy atom. The molecule has 0 radical (unpaired) electrons. The van der Waals surface area contributed by atoms with Gasteiger partial charge >= 0.3 is 6.18 Å². The van der Waals surface area contributed by atoms with Crippen LogP contribution in [-0.4, -0.2) is 18.0 Å². The SMILES string of the molecule is CC1CCN(Cc2ccc(C(F)(F)F)c(F)c2)CC1. The van der Waals surface area contributed by atoms with E-state index in [4.69, 9.17) is 0 Å². The lowest BCUT2D eigenvalue weighted by atomic mass is 9.99. The number of nitrogens with zero attached hydrogens (tertiary/aromatic N) is 1. The van der Waals surface area contributed by atoms with Gasteiger partial charge in [-0.1, -0.05) is 13.0 Å². The number of halogens is 4. The van der Waals surface area contributed by atoms with Crippen LogP contribution in [0.2, 0.25) is 0 Å². The highest BCUT2D eigenvalue weighted by Gasteiger charge is 2.33. The molecule has 0 atom stereocenters. The number of benzene rings is 1. The minimum Gasteiger partial charge on any atom is -0.299 e. The van der Waals surface area contributed by atoms with E-state index in [9.17, 15) is 17.6 Å². The van der Waals surface area contributed by atoms with Crippen molar-refractivity contribution in [3.63, 3.8) is 0 Å². The van der Waals surface area contributed by atoms with Gasteiger partial charge in [-0.05, 0) is 49.5 Å². The van der Waals surface area contributed by atoms with Crippen LogP contribution in [0.4, 0.5) is 17.6 Å². The number of alkyl halides is 3. The lowest BCUT2D eigenvalue weighted by molar-refractivity contribution is -0.140. The summed E-state index contributed by atoms with van der Waals surface area (Å²) in [6.45, 7) is 4.55. The highest BCUT2D eigenvalue weighted by molar-refractivity contribution is 5.26. The molecule has 2 rings (SSSR count). The van der Waals surface area contributed by atoms with Crippen molar-refractivity contribution < 1.29 is 17.6 Å². The molecule has 0 saturated carbocycles. The van der Waals surface area contributed by atoms with Crippen molar-refractivity contribution in [2.45, 2.75) is 32.5 Å². The highest BCUT2D eigenvalue weighted by atomic mass is 19.4. The van der Waals surface area contributed by atoms with E-state index in [0.717, 1.165) is 38.1 Å². The van der Waals surface area contributed by atoms with Crippen molar-refractivity contribution in [1.29, 1.82) is 0 Å². The number of rotatable bonds is 2. The first-order chi connectivity index (χ1) is 8.86. The van der Waals surface area contributed by atoms with Crippen molar-refractivity contribution >= 4 is 0 Å². The van der Waals surface area contributed by atoms with Crippen LogP contribution in [-0.2, 0) is 12.7 Å². The first kappa shape index (κ1) is 14.3. The third kappa shape index (κ3) is 3.69. The summed E-state index contributed by atoms with van der Waals surface area (Å²) in [4.78, 5) is 2.15. The Hall–Kier alpha value is -1.10. The highest BCUT2D eigenvalue weighted by Crippen LogP contribution is 2.31. The zero-order chi connectivity index (χ0) is 14.0. The molecule has 0 aromatic heterocycles. The predicted octanol–water partition coefficient (Wildman–Crippen LogP) is 4.08. The van der Waals surface area contributed by atoms with Crippen molar-refractivity contribution in [2.24, 2.45) is 5.92 Å². The molecule has 0 unspecified atom stereocenters. The minimum atomic E-state index is -4.62. The topological polar surface area (TPSA) is 3.24 Å². The Kier molecular flexibility index (Phi) is 4.13. The van der Waals surface area contributed by atoms with E-state index in [0.29, 0.717) is 18.0 Å². The van der Waals surface area contributed by atoms with Crippen LogP contribution in [0.5, 0.6) is 0 Å². The summed E-state index contributed by atoms with van der Waals surface area (Å²) >= 11 is 0. The third-order valence-electron chi connectivity index (χ3n) is 3.62. The molecule has 1 aliphatic heterocycles. The van der Waals surface area contributed by atoms with Crippen molar-refractivity contribution in [1.82, 2.24) is 4.90 Å². The van der Waals surface area contributed by atoms with E-state index in [-0.39, 0.29) is 0 Å². The van der Waals surface area contributed by atoms with Crippen LogP contribution in [0, 0.1) is 11.7 Å². The summed E-state index contributed by atoms with van der Waals surface area (Å²) in [5.41, 5.74) is -0.594. The summed E-state index contributed by atoms with van der Waals surface area (Å²) in [6, 6.07) is 3.20. The van der Waals surface area contributed by atoms with Gasteiger partial charge < -0.3 is 0 Å². The predicted molar refractivity (Wildman–Crippen MR) is 65.1 cm³/mol. The van der Waals surface area contributed by atoms with E-state index >= 15 is 0 Å².